The number of carbonyl (C=O) groups is 1. The van der Waals surface area contributed by atoms with Gasteiger partial charge in [-0.05, 0) is 23.8 Å². The topological polar surface area (TPSA) is 29.1 Å². The van der Waals surface area contributed by atoms with Crippen molar-refractivity contribution >= 4 is 17.7 Å². The summed E-state index contributed by atoms with van der Waals surface area (Å²) in [4.78, 5) is 11.6. The van der Waals surface area contributed by atoms with Gasteiger partial charge in [0.05, 0.1) is 0 Å². The van der Waals surface area contributed by atoms with Crippen LogP contribution in [0.15, 0.2) is 54.6 Å². The Hall–Kier alpha value is -2.49. The van der Waals surface area contributed by atoms with Crippen molar-refractivity contribution in [2.75, 3.05) is 5.32 Å². The lowest BCUT2D eigenvalue weighted by atomic mass is 10.2. The van der Waals surface area contributed by atoms with Gasteiger partial charge in [0, 0.05) is 17.8 Å². The molecule has 0 atom stereocenters. The van der Waals surface area contributed by atoms with E-state index < -0.39 is 17.5 Å². The van der Waals surface area contributed by atoms with E-state index >= 15 is 0 Å². The molecule has 0 aromatic heterocycles. The van der Waals surface area contributed by atoms with Crippen LogP contribution in [0.3, 0.4) is 0 Å². The third kappa shape index (κ3) is 3.74. The maximum atomic E-state index is 12.9. The van der Waals surface area contributed by atoms with Crippen LogP contribution in [-0.2, 0) is 4.79 Å². The van der Waals surface area contributed by atoms with Crippen LogP contribution in [0.5, 0.6) is 0 Å². The number of nitrogens with one attached hydrogen (secondary N) is 1. The largest absolute Gasteiger partial charge is 0.322 e. The van der Waals surface area contributed by atoms with Crippen molar-refractivity contribution in [3.05, 3.63) is 71.8 Å². The molecule has 0 saturated heterocycles. The predicted molar refractivity (Wildman–Crippen MR) is 70.5 cm³/mol. The molecule has 0 aliphatic heterocycles. The number of hydrogen-bond donors (Lipinski definition) is 1. The maximum Gasteiger partial charge on any atom is 0.248 e. The highest BCUT2D eigenvalue weighted by atomic mass is 19.2. The smallest absolute Gasteiger partial charge is 0.248 e. The first-order chi connectivity index (χ1) is 9.15. The highest BCUT2D eigenvalue weighted by molar-refractivity contribution is 6.01. The maximum absolute atomic E-state index is 12.9. The van der Waals surface area contributed by atoms with E-state index in [1.54, 1.807) is 6.08 Å². The summed E-state index contributed by atoms with van der Waals surface area (Å²) in [5.41, 5.74) is 1.09. The molecule has 0 bridgehead atoms. The number of anilines is 1. The lowest BCUT2D eigenvalue weighted by Gasteiger charge is -2.02. The summed E-state index contributed by atoms with van der Waals surface area (Å²) in [7, 11) is 0. The van der Waals surface area contributed by atoms with Crippen LogP contribution in [0, 0.1) is 11.6 Å². The van der Waals surface area contributed by atoms with Gasteiger partial charge < -0.3 is 5.32 Å². The molecule has 4 heteroatoms. The van der Waals surface area contributed by atoms with Gasteiger partial charge in [-0.1, -0.05) is 30.3 Å². The summed E-state index contributed by atoms with van der Waals surface area (Å²) in [6.07, 6.45) is 2.96. The highest BCUT2D eigenvalue weighted by Gasteiger charge is 2.03. The van der Waals surface area contributed by atoms with E-state index in [0.717, 1.165) is 17.7 Å². The Morgan fingerprint density at radius 1 is 1.00 bits per heavy atom. The molecule has 1 amide bonds. The Morgan fingerprint density at radius 2 is 1.74 bits per heavy atom. The Balaban J connectivity index is 2.01. The van der Waals surface area contributed by atoms with Crippen LogP contribution < -0.4 is 5.32 Å². The number of rotatable bonds is 3. The fraction of sp³-hybridized carbons (Fsp3) is 0. The third-order valence-corrected chi connectivity index (χ3v) is 2.41. The Kier molecular flexibility index (Phi) is 4.03. The van der Waals surface area contributed by atoms with Gasteiger partial charge in [0.25, 0.3) is 0 Å². The van der Waals surface area contributed by atoms with Crippen molar-refractivity contribution in [3.63, 3.8) is 0 Å². The van der Waals surface area contributed by atoms with Gasteiger partial charge in [-0.15, -0.1) is 0 Å². The van der Waals surface area contributed by atoms with Gasteiger partial charge in [0.1, 0.15) is 0 Å². The molecule has 0 aliphatic carbocycles. The van der Waals surface area contributed by atoms with Gasteiger partial charge >= 0.3 is 0 Å². The van der Waals surface area contributed by atoms with Crippen molar-refractivity contribution in [1.82, 2.24) is 0 Å². The minimum atomic E-state index is -0.996. The second-order valence-corrected chi connectivity index (χ2v) is 3.86. The summed E-state index contributed by atoms with van der Waals surface area (Å²) in [5.74, 6) is -2.35. The van der Waals surface area contributed by atoms with Gasteiger partial charge in [-0.3, -0.25) is 4.79 Å². The molecule has 0 spiro atoms. The normalized spacial score (nSPS) is 10.6. The monoisotopic (exact) mass is 259 g/mol. The minimum Gasteiger partial charge on any atom is -0.322 e. The molecule has 0 aliphatic rings. The van der Waals surface area contributed by atoms with Gasteiger partial charge in [-0.25, -0.2) is 8.78 Å². The lowest BCUT2D eigenvalue weighted by Crippen LogP contribution is -2.08. The fourth-order valence-corrected chi connectivity index (χ4v) is 1.49. The zero-order valence-electron chi connectivity index (χ0n) is 9.94. The van der Waals surface area contributed by atoms with Crippen molar-refractivity contribution in [2.24, 2.45) is 0 Å². The summed E-state index contributed by atoms with van der Waals surface area (Å²) >= 11 is 0. The van der Waals surface area contributed by atoms with Crippen LogP contribution in [0.2, 0.25) is 0 Å². The zero-order chi connectivity index (χ0) is 13.7. The van der Waals surface area contributed by atoms with Crippen molar-refractivity contribution in [2.45, 2.75) is 0 Å². The van der Waals surface area contributed by atoms with E-state index in [9.17, 15) is 13.6 Å². The van der Waals surface area contributed by atoms with Crippen LogP contribution in [-0.4, -0.2) is 5.91 Å². The molecule has 2 rings (SSSR count). The molecular formula is C15H11F2NO. The molecule has 1 N–H and O–H groups in total. The minimum absolute atomic E-state index is 0.210. The van der Waals surface area contributed by atoms with Crippen molar-refractivity contribution in [1.29, 1.82) is 0 Å². The zero-order valence-corrected chi connectivity index (χ0v) is 9.94. The Morgan fingerprint density at radius 3 is 2.42 bits per heavy atom. The van der Waals surface area contributed by atoms with Gasteiger partial charge in [0.15, 0.2) is 11.6 Å². The SMILES string of the molecule is O=C(/C=C/c1ccccc1)Nc1ccc(F)c(F)c1. The Labute approximate surface area is 109 Å². The molecule has 19 heavy (non-hydrogen) atoms. The number of halogens is 2. The molecule has 2 aromatic rings. The van der Waals surface area contributed by atoms with Crippen molar-refractivity contribution in [3.8, 4) is 0 Å². The third-order valence-electron chi connectivity index (χ3n) is 2.41. The fourth-order valence-electron chi connectivity index (χ4n) is 1.49. The molecular weight excluding hydrogens is 248 g/mol. The van der Waals surface area contributed by atoms with E-state index in [2.05, 4.69) is 5.32 Å². The van der Waals surface area contributed by atoms with Crippen LogP contribution >= 0.6 is 0 Å². The number of amides is 1. The Bertz CT molecular complexity index is 609. The molecule has 0 saturated carbocycles. The van der Waals surface area contributed by atoms with E-state index in [1.165, 1.54) is 12.1 Å². The average Bonchev–Trinajstić information content (AvgIpc) is 2.42. The summed E-state index contributed by atoms with van der Waals surface area (Å²) in [6, 6.07) is 12.5. The second kappa shape index (κ2) is 5.91. The molecule has 0 heterocycles. The van der Waals surface area contributed by atoms with Crippen LogP contribution in [0.25, 0.3) is 6.08 Å². The number of carbonyl (C=O) groups excluding carboxylic acids is 1. The first kappa shape index (κ1) is 13.0. The number of benzene rings is 2. The number of hydrogen-bond acceptors (Lipinski definition) is 1. The van der Waals surface area contributed by atoms with E-state index in [1.807, 2.05) is 30.3 Å². The first-order valence-corrected chi connectivity index (χ1v) is 5.64. The lowest BCUT2D eigenvalue weighted by molar-refractivity contribution is -0.111. The molecule has 2 aromatic carbocycles. The first-order valence-electron chi connectivity index (χ1n) is 5.64. The quantitative estimate of drug-likeness (QED) is 0.838. The summed E-state index contributed by atoms with van der Waals surface area (Å²) < 4.78 is 25.6. The van der Waals surface area contributed by atoms with E-state index in [0.29, 0.717) is 0 Å². The standard InChI is InChI=1S/C15H11F2NO/c16-13-8-7-12(10-14(13)17)18-15(19)9-6-11-4-2-1-3-5-11/h1-10H,(H,18,19)/b9-6+. The predicted octanol–water partition coefficient (Wildman–Crippen LogP) is 3.62. The second-order valence-electron chi connectivity index (χ2n) is 3.86. The molecule has 0 unspecified atom stereocenters. The van der Waals surface area contributed by atoms with Crippen LogP contribution in [0.4, 0.5) is 14.5 Å². The van der Waals surface area contributed by atoms with Crippen LogP contribution in [0.1, 0.15) is 5.56 Å². The summed E-state index contributed by atoms with van der Waals surface area (Å²) in [6.45, 7) is 0. The van der Waals surface area contributed by atoms with Gasteiger partial charge in [-0.2, -0.15) is 0 Å². The summed E-state index contributed by atoms with van der Waals surface area (Å²) in [5, 5.41) is 2.45. The highest BCUT2D eigenvalue weighted by Crippen LogP contribution is 2.13. The molecule has 0 radical (unpaired) electrons. The molecule has 2 nitrogen and oxygen atoms in total. The molecule has 0 fully saturated rings. The molecule has 96 valence electrons. The van der Waals surface area contributed by atoms with Gasteiger partial charge in [0.2, 0.25) is 5.91 Å². The average molecular weight is 259 g/mol. The van der Waals surface area contributed by atoms with Crippen molar-refractivity contribution < 1.29 is 13.6 Å². The van der Waals surface area contributed by atoms with E-state index in [-0.39, 0.29) is 5.69 Å². The van der Waals surface area contributed by atoms with E-state index in [4.69, 9.17) is 0 Å².